The van der Waals surface area contributed by atoms with Crippen LogP contribution in [0, 0.1) is 5.41 Å². The summed E-state index contributed by atoms with van der Waals surface area (Å²) >= 11 is 1.65. The van der Waals surface area contributed by atoms with Gasteiger partial charge in [-0.2, -0.15) is 11.8 Å². The van der Waals surface area contributed by atoms with Crippen LogP contribution in [0.3, 0.4) is 0 Å². The summed E-state index contributed by atoms with van der Waals surface area (Å²) in [4.78, 5) is 34.8. The second-order valence-electron chi connectivity index (χ2n) is 3.76. The molecule has 0 atom stereocenters. The minimum Gasteiger partial charge on any atom is -0.277 e. The Morgan fingerprint density at radius 2 is 1.88 bits per heavy atom. The van der Waals surface area contributed by atoms with Crippen LogP contribution in [0.2, 0.25) is 0 Å². The molecule has 0 saturated carbocycles. The Labute approximate surface area is 104 Å². The first kappa shape index (κ1) is 13.8. The minimum atomic E-state index is -1.18. The van der Waals surface area contributed by atoms with Gasteiger partial charge in [0.1, 0.15) is 5.41 Å². The van der Waals surface area contributed by atoms with Gasteiger partial charge < -0.3 is 0 Å². The van der Waals surface area contributed by atoms with Crippen molar-refractivity contribution in [1.29, 1.82) is 0 Å². The highest BCUT2D eigenvalue weighted by atomic mass is 32.2. The van der Waals surface area contributed by atoms with Gasteiger partial charge in [0.05, 0.1) is 0 Å². The number of thioether (sulfide) groups is 1. The SMILES string of the molecule is C=CCC1(CCSCC)C(=O)NC(=O)NC1=O. The molecule has 2 N–H and O–H groups in total. The molecule has 1 heterocycles. The van der Waals surface area contributed by atoms with Crippen LogP contribution in [-0.2, 0) is 9.59 Å². The molecule has 0 unspecified atom stereocenters. The number of imide groups is 2. The lowest BCUT2D eigenvalue weighted by molar-refractivity contribution is -0.144. The zero-order chi connectivity index (χ0) is 12.9. The van der Waals surface area contributed by atoms with Gasteiger partial charge in [-0.05, 0) is 24.3 Å². The van der Waals surface area contributed by atoms with Crippen LogP contribution in [0.1, 0.15) is 19.8 Å². The van der Waals surface area contributed by atoms with Crippen molar-refractivity contribution in [3.63, 3.8) is 0 Å². The molecule has 1 saturated heterocycles. The Kier molecular flexibility index (Phi) is 4.74. The van der Waals surface area contributed by atoms with E-state index in [4.69, 9.17) is 0 Å². The second kappa shape index (κ2) is 5.86. The van der Waals surface area contributed by atoms with E-state index in [0.29, 0.717) is 12.2 Å². The number of urea groups is 1. The lowest BCUT2D eigenvalue weighted by atomic mass is 9.78. The van der Waals surface area contributed by atoms with Gasteiger partial charge in [0.15, 0.2) is 0 Å². The van der Waals surface area contributed by atoms with Gasteiger partial charge in [0.25, 0.3) is 0 Å². The number of amides is 4. The summed E-state index contributed by atoms with van der Waals surface area (Å²) in [6.45, 7) is 5.57. The van der Waals surface area contributed by atoms with Crippen LogP contribution in [0.4, 0.5) is 4.79 Å². The number of hydrogen-bond donors (Lipinski definition) is 2. The first-order valence-electron chi connectivity index (χ1n) is 5.42. The quantitative estimate of drug-likeness (QED) is 0.423. The normalized spacial score (nSPS) is 18.5. The molecule has 5 nitrogen and oxygen atoms in total. The number of barbiturate groups is 1. The van der Waals surface area contributed by atoms with Crippen molar-refractivity contribution in [2.24, 2.45) is 5.41 Å². The van der Waals surface area contributed by atoms with Crippen LogP contribution in [0.25, 0.3) is 0 Å². The minimum absolute atomic E-state index is 0.238. The second-order valence-corrected chi connectivity index (χ2v) is 5.15. The van der Waals surface area contributed by atoms with E-state index in [9.17, 15) is 14.4 Å². The number of hydrogen-bond acceptors (Lipinski definition) is 4. The van der Waals surface area contributed by atoms with Gasteiger partial charge in [-0.3, -0.25) is 20.2 Å². The van der Waals surface area contributed by atoms with Crippen LogP contribution < -0.4 is 10.6 Å². The molecule has 0 aromatic rings. The van der Waals surface area contributed by atoms with Crippen molar-refractivity contribution in [1.82, 2.24) is 10.6 Å². The average Bonchev–Trinajstić information content (AvgIpc) is 2.25. The maximum Gasteiger partial charge on any atom is 0.328 e. The summed E-state index contributed by atoms with van der Waals surface area (Å²) in [5, 5.41) is 4.29. The summed E-state index contributed by atoms with van der Waals surface area (Å²) in [6.07, 6.45) is 2.18. The van der Waals surface area contributed by atoms with Crippen LogP contribution >= 0.6 is 11.8 Å². The molecule has 6 heteroatoms. The zero-order valence-corrected chi connectivity index (χ0v) is 10.6. The van der Waals surface area contributed by atoms with E-state index < -0.39 is 23.3 Å². The molecule has 1 rings (SSSR count). The molecular formula is C11H16N2O3S. The third-order valence-electron chi connectivity index (χ3n) is 2.69. The smallest absolute Gasteiger partial charge is 0.277 e. The lowest BCUT2D eigenvalue weighted by Gasteiger charge is -2.32. The van der Waals surface area contributed by atoms with Crippen molar-refractivity contribution >= 4 is 29.6 Å². The van der Waals surface area contributed by atoms with Crippen LogP contribution in [0.15, 0.2) is 12.7 Å². The Balaban J connectivity index is 2.87. The van der Waals surface area contributed by atoms with E-state index in [1.165, 1.54) is 6.08 Å². The van der Waals surface area contributed by atoms with Gasteiger partial charge in [0.2, 0.25) is 11.8 Å². The summed E-state index contributed by atoms with van der Waals surface area (Å²) < 4.78 is 0. The van der Waals surface area contributed by atoms with Gasteiger partial charge in [-0.1, -0.05) is 13.0 Å². The van der Waals surface area contributed by atoms with Crippen molar-refractivity contribution in [2.45, 2.75) is 19.8 Å². The fourth-order valence-corrected chi connectivity index (χ4v) is 2.51. The molecule has 0 aliphatic carbocycles. The molecule has 1 aliphatic heterocycles. The summed E-state index contributed by atoms with van der Waals surface area (Å²) in [6, 6.07) is -0.747. The fourth-order valence-electron chi connectivity index (χ4n) is 1.73. The molecule has 17 heavy (non-hydrogen) atoms. The molecule has 94 valence electrons. The maximum atomic E-state index is 11.9. The first-order chi connectivity index (χ1) is 8.06. The standard InChI is InChI=1S/C11H16N2O3S/c1-3-5-11(6-7-17-4-2)8(14)12-10(16)13-9(11)15/h3H,1,4-7H2,2H3,(H2,12,13,14,15,16). The predicted molar refractivity (Wildman–Crippen MR) is 66.5 cm³/mol. The molecule has 1 fully saturated rings. The third kappa shape index (κ3) is 2.88. The zero-order valence-electron chi connectivity index (χ0n) is 9.75. The molecule has 0 aromatic carbocycles. The average molecular weight is 256 g/mol. The van der Waals surface area contributed by atoms with Crippen LogP contribution in [0.5, 0.6) is 0 Å². The summed E-state index contributed by atoms with van der Waals surface area (Å²) in [5.41, 5.74) is -1.18. The largest absolute Gasteiger partial charge is 0.328 e. The lowest BCUT2D eigenvalue weighted by Crippen LogP contribution is -2.62. The Morgan fingerprint density at radius 3 is 2.35 bits per heavy atom. The highest BCUT2D eigenvalue weighted by Gasteiger charge is 2.48. The van der Waals surface area contributed by atoms with Crippen molar-refractivity contribution in [3.8, 4) is 0 Å². The van der Waals surface area contributed by atoms with E-state index in [1.807, 2.05) is 6.92 Å². The Bertz CT molecular complexity index is 335. The molecule has 0 bridgehead atoms. The monoisotopic (exact) mass is 256 g/mol. The van der Waals surface area contributed by atoms with Gasteiger partial charge in [-0.25, -0.2) is 4.79 Å². The summed E-state index contributed by atoms with van der Waals surface area (Å²) in [7, 11) is 0. The first-order valence-corrected chi connectivity index (χ1v) is 6.58. The number of nitrogens with one attached hydrogen (secondary N) is 2. The predicted octanol–water partition coefficient (Wildman–Crippen LogP) is 1.06. The Hall–Kier alpha value is -1.30. The third-order valence-corrected chi connectivity index (χ3v) is 3.59. The van der Waals surface area contributed by atoms with Crippen molar-refractivity contribution in [2.75, 3.05) is 11.5 Å². The molecule has 0 spiro atoms. The van der Waals surface area contributed by atoms with Crippen molar-refractivity contribution < 1.29 is 14.4 Å². The van der Waals surface area contributed by atoms with Crippen LogP contribution in [-0.4, -0.2) is 29.4 Å². The number of carbonyl (C=O) groups excluding carboxylic acids is 3. The van der Waals surface area contributed by atoms with E-state index in [1.54, 1.807) is 11.8 Å². The van der Waals surface area contributed by atoms with E-state index in [0.717, 1.165) is 5.75 Å². The van der Waals surface area contributed by atoms with Gasteiger partial charge in [-0.15, -0.1) is 6.58 Å². The number of rotatable bonds is 6. The van der Waals surface area contributed by atoms with E-state index >= 15 is 0 Å². The number of carbonyl (C=O) groups is 3. The topological polar surface area (TPSA) is 75.3 Å². The van der Waals surface area contributed by atoms with Gasteiger partial charge >= 0.3 is 6.03 Å². The molecule has 0 radical (unpaired) electrons. The highest BCUT2D eigenvalue weighted by molar-refractivity contribution is 7.99. The molecule has 1 aliphatic rings. The molecular weight excluding hydrogens is 240 g/mol. The summed E-state index contributed by atoms with van der Waals surface area (Å²) in [5.74, 6) is 0.567. The van der Waals surface area contributed by atoms with Gasteiger partial charge in [0, 0.05) is 0 Å². The fraction of sp³-hybridized carbons (Fsp3) is 0.545. The molecule has 0 aromatic heterocycles. The van der Waals surface area contributed by atoms with Crippen molar-refractivity contribution in [3.05, 3.63) is 12.7 Å². The van der Waals surface area contributed by atoms with E-state index in [2.05, 4.69) is 17.2 Å². The van der Waals surface area contributed by atoms with E-state index in [-0.39, 0.29) is 6.42 Å². The highest BCUT2D eigenvalue weighted by Crippen LogP contribution is 2.31. The maximum absolute atomic E-state index is 11.9. The molecule has 4 amide bonds. The Morgan fingerprint density at radius 1 is 1.29 bits per heavy atom. The number of allylic oxidation sites excluding steroid dienone is 1.